The molecule has 1 aliphatic heterocycles. The average Bonchev–Trinajstić information content (AvgIpc) is 3.35. The smallest absolute Gasteiger partial charge is 0.264 e. The Bertz CT molecular complexity index is 1290. The van der Waals surface area contributed by atoms with Crippen LogP contribution in [-0.2, 0) is 0 Å². The Morgan fingerprint density at radius 3 is 2.59 bits per heavy atom. The average molecular weight is 458 g/mol. The molecule has 0 atom stereocenters. The lowest BCUT2D eigenvalue weighted by molar-refractivity contribution is 0.102. The monoisotopic (exact) mass is 457 g/mol. The van der Waals surface area contributed by atoms with Gasteiger partial charge in [-0.2, -0.15) is 0 Å². The Kier molecular flexibility index (Phi) is 6.01. The van der Waals surface area contributed by atoms with E-state index in [-0.39, 0.29) is 17.4 Å². The van der Waals surface area contributed by atoms with Crippen LogP contribution in [0.4, 0.5) is 22.9 Å². The maximum absolute atomic E-state index is 13.3. The first kappa shape index (κ1) is 21.7. The molecule has 1 aliphatic rings. The highest BCUT2D eigenvalue weighted by molar-refractivity contribution is 6.10. The minimum atomic E-state index is -0.353. The number of carbonyl (C=O) groups is 1. The van der Waals surface area contributed by atoms with Crippen molar-refractivity contribution in [2.45, 2.75) is 0 Å². The van der Waals surface area contributed by atoms with Crippen LogP contribution in [0.1, 0.15) is 10.4 Å². The molecule has 2 aromatic heterocycles. The van der Waals surface area contributed by atoms with Gasteiger partial charge in [-0.25, -0.2) is 9.97 Å². The molecule has 3 heterocycles. The van der Waals surface area contributed by atoms with Crippen LogP contribution in [0.5, 0.6) is 5.88 Å². The van der Waals surface area contributed by atoms with Crippen molar-refractivity contribution in [1.82, 2.24) is 19.9 Å². The molecule has 1 fully saturated rings. The maximum atomic E-state index is 13.3. The summed E-state index contributed by atoms with van der Waals surface area (Å²) in [4.78, 5) is 29.6. The molecule has 9 nitrogen and oxygen atoms in total. The number of likely N-dealkylation sites (N-methyl/N-ethyl adjacent to an activating group) is 1. The molecule has 9 heteroatoms. The lowest BCUT2D eigenvalue weighted by atomic mass is 10.2. The molecule has 5 rings (SSSR count). The van der Waals surface area contributed by atoms with Crippen molar-refractivity contribution < 1.29 is 9.53 Å². The molecule has 2 aromatic carbocycles. The number of aromatic amines is 1. The molecule has 3 N–H and O–H groups in total. The first-order chi connectivity index (χ1) is 16.6. The van der Waals surface area contributed by atoms with Crippen LogP contribution in [0.3, 0.4) is 0 Å². The number of amides is 1. The van der Waals surface area contributed by atoms with Gasteiger partial charge in [0.05, 0.1) is 7.11 Å². The number of ether oxygens (including phenoxy) is 1. The van der Waals surface area contributed by atoms with Gasteiger partial charge >= 0.3 is 0 Å². The first-order valence-electron chi connectivity index (χ1n) is 11.2. The van der Waals surface area contributed by atoms with Crippen molar-refractivity contribution in [3.63, 3.8) is 0 Å². The van der Waals surface area contributed by atoms with Crippen LogP contribution >= 0.6 is 0 Å². The fourth-order valence-corrected chi connectivity index (χ4v) is 4.16. The second-order valence-corrected chi connectivity index (χ2v) is 8.27. The predicted octanol–water partition coefficient (Wildman–Crippen LogP) is 3.71. The summed E-state index contributed by atoms with van der Waals surface area (Å²) < 4.78 is 5.39. The van der Waals surface area contributed by atoms with Gasteiger partial charge in [-0.3, -0.25) is 4.79 Å². The molecular weight excluding hydrogens is 430 g/mol. The van der Waals surface area contributed by atoms with E-state index in [0.29, 0.717) is 11.5 Å². The number of rotatable bonds is 6. The van der Waals surface area contributed by atoms with Gasteiger partial charge in [0.2, 0.25) is 5.88 Å². The number of nitrogens with zero attached hydrogens (tertiary/aromatic N) is 4. The second kappa shape index (κ2) is 9.40. The number of carbonyl (C=O) groups excluding carboxylic acids is 1. The van der Waals surface area contributed by atoms with E-state index in [9.17, 15) is 4.79 Å². The highest BCUT2D eigenvalue weighted by Gasteiger charge is 2.21. The van der Waals surface area contributed by atoms with Crippen LogP contribution in [0.15, 0.2) is 61.1 Å². The van der Waals surface area contributed by atoms with E-state index >= 15 is 0 Å². The number of benzene rings is 2. The number of methoxy groups -OCH3 is 1. The summed E-state index contributed by atoms with van der Waals surface area (Å²) in [6.07, 6.45) is 3.25. The molecule has 0 unspecified atom stereocenters. The minimum Gasteiger partial charge on any atom is -0.480 e. The number of piperazine rings is 1. The van der Waals surface area contributed by atoms with Crippen LogP contribution in [0.25, 0.3) is 10.9 Å². The first-order valence-corrected chi connectivity index (χ1v) is 11.2. The summed E-state index contributed by atoms with van der Waals surface area (Å²) in [5.41, 5.74) is 3.88. The number of H-pyrrole nitrogens is 1. The molecule has 0 aliphatic carbocycles. The van der Waals surface area contributed by atoms with E-state index in [1.54, 1.807) is 0 Å². The Morgan fingerprint density at radius 2 is 1.82 bits per heavy atom. The van der Waals surface area contributed by atoms with Gasteiger partial charge in [-0.15, -0.1) is 0 Å². The van der Waals surface area contributed by atoms with E-state index in [4.69, 9.17) is 4.74 Å². The number of aromatic nitrogens is 3. The Labute approximate surface area is 197 Å². The zero-order valence-electron chi connectivity index (χ0n) is 19.2. The van der Waals surface area contributed by atoms with Gasteiger partial charge in [0.15, 0.2) is 5.82 Å². The van der Waals surface area contributed by atoms with E-state index < -0.39 is 0 Å². The number of fused-ring (bicyclic) bond motifs is 1. The summed E-state index contributed by atoms with van der Waals surface area (Å²) in [7, 11) is 3.62. The molecule has 34 heavy (non-hydrogen) atoms. The molecule has 4 aromatic rings. The standard InChI is InChI=1S/C25H27N7O2/c1-31-12-14-32(15-13-31)18-8-6-17(7-9-18)29-24(33)22-23(27-16-28-25(22)34-2)30-21-5-3-4-20-19(21)10-11-26-20/h3-11,16,26H,12-15H2,1-2H3,(H,29,33)(H,27,28,30). The molecule has 0 spiro atoms. The zero-order chi connectivity index (χ0) is 23.5. The van der Waals surface area contributed by atoms with Crippen LogP contribution in [-0.4, -0.2) is 66.1 Å². The van der Waals surface area contributed by atoms with E-state index in [1.165, 1.54) is 13.4 Å². The van der Waals surface area contributed by atoms with E-state index in [1.807, 2.05) is 54.7 Å². The van der Waals surface area contributed by atoms with Gasteiger partial charge in [0.1, 0.15) is 11.9 Å². The Balaban J connectivity index is 1.38. The Morgan fingerprint density at radius 1 is 1.03 bits per heavy atom. The van der Waals surface area contributed by atoms with Gasteiger partial charge in [-0.1, -0.05) is 6.07 Å². The third-order valence-corrected chi connectivity index (χ3v) is 6.07. The molecule has 1 saturated heterocycles. The fraction of sp³-hybridized carbons (Fsp3) is 0.240. The predicted molar refractivity (Wildman–Crippen MR) is 134 cm³/mol. The normalized spacial score (nSPS) is 14.2. The zero-order valence-corrected chi connectivity index (χ0v) is 19.2. The molecular formula is C25H27N7O2. The lowest BCUT2D eigenvalue weighted by Gasteiger charge is -2.34. The summed E-state index contributed by atoms with van der Waals surface area (Å²) in [5, 5.41) is 7.22. The van der Waals surface area contributed by atoms with Crippen LogP contribution in [0.2, 0.25) is 0 Å². The fourth-order valence-electron chi connectivity index (χ4n) is 4.16. The molecule has 0 radical (unpaired) electrons. The molecule has 0 bridgehead atoms. The van der Waals surface area contributed by atoms with Crippen molar-refractivity contribution in [3.05, 3.63) is 66.6 Å². The third kappa shape index (κ3) is 4.38. The van der Waals surface area contributed by atoms with Crippen molar-refractivity contribution in [2.24, 2.45) is 0 Å². The molecule has 1 amide bonds. The minimum absolute atomic E-state index is 0.199. The summed E-state index contributed by atoms with van der Waals surface area (Å²) in [5.74, 6) is 0.214. The second-order valence-electron chi connectivity index (χ2n) is 8.27. The lowest BCUT2D eigenvalue weighted by Crippen LogP contribution is -2.44. The highest BCUT2D eigenvalue weighted by atomic mass is 16.5. The largest absolute Gasteiger partial charge is 0.480 e. The maximum Gasteiger partial charge on any atom is 0.264 e. The number of nitrogens with one attached hydrogen (secondary N) is 3. The van der Waals surface area contributed by atoms with Crippen molar-refractivity contribution in [2.75, 3.05) is 55.9 Å². The quantitative estimate of drug-likeness (QED) is 0.406. The molecule has 0 saturated carbocycles. The summed E-state index contributed by atoms with van der Waals surface area (Å²) in [6, 6.07) is 15.7. The van der Waals surface area contributed by atoms with Gasteiger partial charge in [0, 0.05) is 60.3 Å². The van der Waals surface area contributed by atoms with Crippen molar-refractivity contribution in [3.8, 4) is 5.88 Å². The number of hydrogen-bond acceptors (Lipinski definition) is 7. The Hall–Kier alpha value is -4.11. The number of hydrogen-bond donors (Lipinski definition) is 3. The van der Waals surface area contributed by atoms with Crippen LogP contribution in [0, 0.1) is 0 Å². The van der Waals surface area contributed by atoms with E-state index in [0.717, 1.165) is 48.5 Å². The topological polar surface area (TPSA) is 98.4 Å². The van der Waals surface area contributed by atoms with Gasteiger partial charge in [-0.05, 0) is 49.5 Å². The van der Waals surface area contributed by atoms with Crippen molar-refractivity contribution in [1.29, 1.82) is 0 Å². The van der Waals surface area contributed by atoms with Gasteiger partial charge < -0.3 is 30.2 Å². The summed E-state index contributed by atoms with van der Waals surface area (Å²) in [6.45, 7) is 4.06. The SMILES string of the molecule is COc1ncnc(Nc2cccc3[nH]ccc23)c1C(=O)Nc1ccc(N2CCN(C)CC2)cc1. The highest BCUT2D eigenvalue weighted by Crippen LogP contribution is 2.30. The van der Waals surface area contributed by atoms with E-state index in [2.05, 4.69) is 42.4 Å². The van der Waals surface area contributed by atoms with Crippen LogP contribution < -0.4 is 20.3 Å². The molecule has 174 valence electrons. The van der Waals surface area contributed by atoms with Gasteiger partial charge in [0.25, 0.3) is 5.91 Å². The third-order valence-electron chi connectivity index (χ3n) is 6.07. The summed E-state index contributed by atoms with van der Waals surface area (Å²) >= 11 is 0. The number of anilines is 4. The van der Waals surface area contributed by atoms with Crippen molar-refractivity contribution >= 4 is 39.7 Å².